The molecule has 1 aliphatic rings. The Hall–Kier alpha value is -0.150. The van der Waals surface area contributed by atoms with Crippen LogP contribution in [0.25, 0.3) is 0 Å². The van der Waals surface area contributed by atoms with Crippen molar-refractivity contribution in [3.8, 4) is 0 Å². The Bertz CT molecular complexity index is 172. The Labute approximate surface area is 85.9 Å². The molecule has 3 heteroatoms. The summed E-state index contributed by atoms with van der Waals surface area (Å²) in [5.74, 6) is 0. The molecule has 1 aliphatic carbocycles. The van der Waals surface area contributed by atoms with E-state index >= 15 is 0 Å². The molecule has 0 aromatic heterocycles. The van der Waals surface area contributed by atoms with Crippen molar-refractivity contribution in [2.45, 2.75) is 45.1 Å². The van der Waals surface area contributed by atoms with E-state index in [0.717, 1.165) is 25.7 Å². The summed E-state index contributed by atoms with van der Waals surface area (Å²) in [6, 6.07) is 0. The topological polar surface area (TPSA) is 32.3 Å². The van der Waals surface area contributed by atoms with Crippen LogP contribution in [0.5, 0.6) is 0 Å². The molecular formula is C11H22FNO. The Balaban J connectivity index is 2.30. The maximum absolute atomic E-state index is 11.9. The molecule has 0 atom stereocenters. The molecule has 0 aromatic carbocycles. The van der Waals surface area contributed by atoms with Crippen LogP contribution in [0.4, 0.5) is 4.39 Å². The lowest BCUT2D eigenvalue weighted by Gasteiger charge is -2.40. The van der Waals surface area contributed by atoms with Gasteiger partial charge in [0, 0.05) is 13.1 Å². The summed E-state index contributed by atoms with van der Waals surface area (Å²) < 4.78 is 11.9. The zero-order valence-electron chi connectivity index (χ0n) is 9.27. The van der Waals surface area contributed by atoms with Crippen LogP contribution < -0.4 is 5.32 Å². The predicted octanol–water partition coefficient (Wildman–Crippen LogP) is 1.88. The fourth-order valence-corrected chi connectivity index (χ4v) is 1.96. The maximum atomic E-state index is 11.9. The fourth-order valence-electron chi connectivity index (χ4n) is 1.96. The highest BCUT2D eigenvalue weighted by atomic mass is 19.1. The quantitative estimate of drug-likeness (QED) is 0.684. The van der Waals surface area contributed by atoms with Crippen LogP contribution in [0.1, 0.15) is 39.5 Å². The van der Waals surface area contributed by atoms with E-state index in [1.165, 1.54) is 0 Å². The van der Waals surface area contributed by atoms with E-state index in [4.69, 9.17) is 0 Å². The lowest BCUT2D eigenvalue weighted by molar-refractivity contribution is -0.0243. The summed E-state index contributed by atoms with van der Waals surface area (Å²) in [5.41, 5.74) is -0.225. The molecule has 2 N–H and O–H groups in total. The van der Waals surface area contributed by atoms with Crippen LogP contribution in [0.2, 0.25) is 0 Å². The molecule has 1 rings (SSSR count). The van der Waals surface area contributed by atoms with Gasteiger partial charge in [-0.1, -0.05) is 13.8 Å². The Morgan fingerprint density at radius 3 is 2.29 bits per heavy atom. The number of alkyl halides is 1. The molecule has 1 fully saturated rings. The van der Waals surface area contributed by atoms with Crippen molar-refractivity contribution in [2.24, 2.45) is 5.41 Å². The van der Waals surface area contributed by atoms with Crippen molar-refractivity contribution in [2.75, 3.05) is 19.8 Å². The van der Waals surface area contributed by atoms with E-state index in [9.17, 15) is 9.50 Å². The minimum Gasteiger partial charge on any atom is -0.389 e. The van der Waals surface area contributed by atoms with Crippen LogP contribution in [0, 0.1) is 5.41 Å². The number of nitrogens with one attached hydrogen (secondary N) is 1. The molecule has 0 radical (unpaired) electrons. The van der Waals surface area contributed by atoms with Crippen molar-refractivity contribution >= 4 is 0 Å². The van der Waals surface area contributed by atoms with E-state index in [-0.39, 0.29) is 6.67 Å². The van der Waals surface area contributed by atoms with Gasteiger partial charge in [0.15, 0.2) is 0 Å². The van der Waals surface area contributed by atoms with Gasteiger partial charge in [0.2, 0.25) is 0 Å². The van der Waals surface area contributed by atoms with Gasteiger partial charge < -0.3 is 10.4 Å². The summed E-state index contributed by atoms with van der Waals surface area (Å²) in [6.07, 6.45) is 3.78. The zero-order chi connectivity index (χ0) is 10.7. The number of aliphatic hydroxyl groups is 1. The van der Waals surface area contributed by atoms with E-state index in [1.807, 2.05) is 0 Å². The highest BCUT2D eigenvalue weighted by Crippen LogP contribution is 2.39. The van der Waals surface area contributed by atoms with Crippen LogP contribution in [0.15, 0.2) is 0 Å². The highest BCUT2D eigenvalue weighted by molar-refractivity contribution is 4.90. The first-order chi connectivity index (χ1) is 6.47. The van der Waals surface area contributed by atoms with E-state index in [1.54, 1.807) is 0 Å². The molecule has 0 unspecified atom stereocenters. The average Bonchev–Trinajstić information content (AvgIpc) is 2.12. The molecule has 14 heavy (non-hydrogen) atoms. The van der Waals surface area contributed by atoms with Gasteiger partial charge >= 0.3 is 0 Å². The third kappa shape index (κ3) is 3.54. The van der Waals surface area contributed by atoms with E-state index in [0.29, 0.717) is 18.5 Å². The molecule has 0 saturated heterocycles. The second-order valence-electron chi connectivity index (χ2n) is 5.25. The van der Waals surface area contributed by atoms with Gasteiger partial charge in [-0.25, -0.2) is 4.39 Å². The molecule has 0 aliphatic heterocycles. The summed E-state index contributed by atoms with van der Waals surface area (Å²) in [5, 5.41) is 13.1. The highest BCUT2D eigenvalue weighted by Gasteiger charge is 2.36. The molecule has 0 heterocycles. The van der Waals surface area contributed by atoms with Crippen LogP contribution in [-0.4, -0.2) is 30.5 Å². The van der Waals surface area contributed by atoms with Gasteiger partial charge in [0.1, 0.15) is 6.67 Å². The summed E-state index contributed by atoms with van der Waals surface area (Å²) >= 11 is 0. The summed E-state index contributed by atoms with van der Waals surface area (Å²) in [4.78, 5) is 0. The normalized spacial score (nSPS) is 24.9. The van der Waals surface area contributed by atoms with Gasteiger partial charge in [-0.3, -0.25) is 0 Å². The van der Waals surface area contributed by atoms with Gasteiger partial charge in [0.25, 0.3) is 0 Å². The van der Waals surface area contributed by atoms with Gasteiger partial charge in [0.05, 0.1) is 5.60 Å². The molecule has 2 nitrogen and oxygen atoms in total. The van der Waals surface area contributed by atoms with Crippen molar-refractivity contribution in [3.63, 3.8) is 0 Å². The molecule has 0 aromatic rings. The van der Waals surface area contributed by atoms with Crippen LogP contribution in [0.3, 0.4) is 0 Å². The number of rotatable bonds is 4. The second-order valence-corrected chi connectivity index (χ2v) is 5.25. The van der Waals surface area contributed by atoms with Crippen molar-refractivity contribution < 1.29 is 9.50 Å². The number of hydrogen-bond donors (Lipinski definition) is 2. The summed E-state index contributed by atoms with van der Waals surface area (Å²) in [7, 11) is 0. The smallest absolute Gasteiger partial charge is 0.102 e. The van der Waals surface area contributed by atoms with E-state index < -0.39 is 5.60 Å². The van der Waals surface area contributed by atoms with Gasteiger partial charge in [-0.15, -0.1) is 0 Å². The Kier molecular flexibility index (Phi) is 3.90. The largest absolute Gasteiger partial charge is 0.389 e. The zero-order valence-corrected chi connectivity index (χ0v) is 9.27. The van der Waals surface area contributed by atoms with E-state index in [2.05, 4.69) is 19.2 Å². The molecular weight excluding hydrogens is 181 g/mol. The third-order valence-corrected chi connectivity index (χ3v) is 3.26. The third-order valence-electron chi connectivity index (χ3n) is 3.26. The maximum Gasteiger partial charge on any atom is 0.102 e. The Morgan fingerprint density at radius 1 is 1.21 bits per heavy atom. The SMILES string of the molecule is CC1(C)CCC(O)(CNCCF)CC1. The molecule has 1 saturated carbocycles. The molecule has 0 bridgehead atoms. The van der Waals surface area contributed by atoms with Gasteiger partial charge in [-0.2, -0.15) is 0 Å². The minimum atomic E-state index is -0.593. The monoisotopic (exact) mass is 203 g/mol. The number of hydrogen-bond acceptors (Lipinski definition) is 2. The lowest BCUT2D eigenvalue weighted by Crippen LogP contribution is -2.45. The van der Waals surface area contributed by atoms with Crippen LogP contribution >= 0.6 is 0 Å². The summed E-state index contributed by atoms with van der Waals surface area (Å²) in [6.45, 7) is 5.00. The first kappa shape index (κ1) is 11.9. The minimum absolute atomic E-state index is 0.353. The lowest BCUT2D eigenvalue weighted by atomic mass is 9.71. The van der Waals surface area contributed by atoms with Crippen LogP contribution in [-0.2, 0) is 0 Å². The molecule has 84 valence electrons. The standard InChI is InChI=1S/C11H22FNO/c1-10(2)3-5-11(14,6-4-10)9-13-8-7-12/h13-14H,3-9H2,1-2H3. The average molecular weight is 203 g/mol. The van der Waals surface area contributed by atoms with Crippen molar-refractivity contribution in [3.05, 3.63) is 0 Å². The van der Waals surface area contributed by atoms with Crippen molar-refractivity contribution in [1.29, 1.82) is 0 Å². The van der Waals surface area contributed by atoms with Crippen molar-refractivity contribution in [1.82, 2.24) is 5.32 Å². The fraction of sp³-hybridized carbons (Fsp3) is 1.00. The Morgan fingerprint density at radius 2 is 1.79 bits per heavy atom. The van der Waals surface area contributed by atoms with Gasteiger partial charge in [-0.05, 0) is 31.1 Å². The first-order valence-corrected chi connectivity index (χ1v) is 5.47. The number of halogens is 1. The first-order valence-electron chi connectivity index (χ1n) is 5.47. The predicted molar refractivity (Wildman–Crippen MR) is 56.0 cm³/mol. The molecule has 0 amide bonds. The molecule has 0 spiro atoms. The second kappa shape index (κ2) is 4.58.